The van der Waals surface area contributed by atoms with E-state index >= 15 is 0 Å². The molecule has 0 bridgehead atoms. The molecule has 1 saturated carbocycles. The Morgan fingerprint density at radius 2 is 1.70 bits per heavy atom. The predicted octanol–water partition coefficient (Wildman–Crippen LogP) is 0.438. The van der Waals surface area contributed by atoms with Gasteiger partial charge >= 0.3 is 0 Å². The Bertz CT molecular complexity index is 1190. The highest BCUT2D eigenvalue weighted by Crippen LogP contribution is 2.57. The fourth-order valence-electron chi connectivity index (χ4n) is 5.65. The van der Waals surface area contributed by atoms with Crippen molar-refractivity contribution in [1.82, 2.24) is 4.90 Å². The molecular weight excluding hydrogens is 434 g/mol. The molecule has 0 saturated heterocycles. The van der Waals surface area contributed by atoms with Gasteiger partial charge in [-0.3, -0.25) is 19.3 Å². The average molecular weight is 459 g/mol. The summed E-state index contributed by atoms with van der Waals surface area (Å²) in [7, 11) is 3.03. The summed E-state index contributed by atoms with van der Waals surface area (Å²) in [6.45, 7) is 2.35. The SMILES string of the molecule is CC(=O)C1=C(O)[C@@]2(O)C(=O)C3=C(O)c4c(O)cc(O)cc4[C@@](C)(O)[C@H]3C[C@H]2[C@H](N(C)C)C1=O. The molecule has 33 heavy (non-hydrogen) atoms. The highest BCUT2D eigenvalue weighted by molar-refractivity contribution is 6.25. The van der Waals surface area contributed by atoms with E-state index in [1.165, 1.54) is 25.9 Å². The number of carbonyl (C=O) groups excluding carboxylic acids is 3. The van der Waals surface area contributed by atoms with Gasteiger partial charge in [0.05, 0.1) is 17.2 Å². The first-order valence-electron chi connectivity index (χ1n) is 10.3. The number of phenolic OH excluding ortho intramolecular Hbond substituents is 2. The molecule has 3 aliphatic rings. The number of hydrogen-bond acceptors (Lipinski definition) is 10. The maximum Gasteiger partial charge on any atom is 0.202 e. The van der Waals surface area contributed by atoms with Crippen LogP contribution < -0.4 is 0 Å². The van der Waals surface area contributed by atoms with Crippen LogP contribution in [0.2, 0.25) is 0 Å². The van der Waals surface area contributed by atoms with E-state index in [4.69, 9.17) is 0 Å². The molecule has 1 aromatic rings. The van der Waals surface area contributed by atoms with E-state index in [1.54, 1.807) is 0 Å². The third kappa shape index (κ3) is 2.74. The third-order valence-electron chi connectivity index (χ3n) is 7.19. The van der Waals surface area contributed by atoms with Gasteiger partial charge in [-0.15, -0.1) is 0 Å². The number of Topliss-reactive ketones (excluding diaryl/α,β-unsaturated/α-hetero) is 3. The number of carbonyl (C=O) groups is 3. The van der Waals surface area contributed by atoms with Crippen LogP contribution in [0.3, 0.4) is 0 Å². The minimum atomic E-state index is -2.72. The number of benzene rings is 1. The minimum absolute atomic E-state index is 0.0442. The van der Waals surface area contributed by atoms with E-state index in [1.807, 2.05) is 0 Å². The smallest absolute Gasteiger partial charge is 0.202 e. The Morgan fingerprint density at radius 1 is 1.09 bits per heavy atom. The standard InChI is InChI=1S/C23H25NO9/c1-8(25)14-19(29)17(24(3)4)12-7-11-16(21(31)23(12,33)20(14)30)18(28)15-10(22(11,2)32)5-9(26)6-13(15)27/h5-6,11-12,17,26-28,30,32-33H,7H2,1-4H3/t11-,12-,17-,22+,23+/m0/s1. The Labute approximate surface area is 188 Å². The lowest BCUT2D eigenvalue weighted by atomic mass is 9.54. The zero-order valence-corrected chi connectivity index (χ0v) is 18.4. The van der Waals surface area contributed by atoms with Crippen LogP contribution in [0.15, 0.2) is 29.0 Å². The van der Waals surface area contributed by atoms with E-state index in [0.29, 0.717) is 0 Å². The Morgan fingerprint density at radius 3 is 2.24 bits per heavy atom. The number of likely N-dealkylation sites (N-methyl/N-ethyl adjacent to an activating group) is 1. The van der Waals surface area contributed by atoms with Crippen LogP contribution in [0.4, 0.5) is 0 Å². The van der Waals surface area contributed by atoms with Gasteiger partial charge in [0.25, 0.3) is 0 Å². The van der Waals surface area contributed by atoms with Crippen molar-refractivity contribution >= 4 is 23.1 Å². The fraction of sp³-hybridized carbons (Fsp3) is 0.435. The molecule has 4 rings (SSSR count). The number of aliphatic hydroxyl groups excluding tert-OH is 2. The summed E-state index contributed by atoms with van der Waals surface area (Å²) < 4.78 is 0. The summed E-state index contributed by atoms with van der Waals surface area (Å²) in [5.41, 5.74) is -6.12. The maximum atomic E-state index is 13.7. The van der Waals surface area contributed by atoms with Gasteiger partial charge in [0.1, 0.15) is 28.6 Å². The number of nitrogens with zero attached hydrogens (tertiary/aromatic N) is 1. The molecule has 1 fully saturated rings. The monoisotopic (exact) mass is 459 g/mol. The average Bonchev–Trinajstić information content (AvgIpc) is 2.68. The number of rotatable bonds is 2. The second kappa shape index (κ2) is 6.89. The zero-order valence-electron chi connectivity index (χ0n) is 18.4. The molecule has 1 aromatic carbocycles. The zero-order chi connectivity index (χ0) is 24.8. The van der Waals surface area contributed by atoms with Crippen LogP contribution in [-0.4, -0.2) is 78.6 Å². The molecular formula is C23H25NO9. The first-order chi connectivity index (χ1) is 15.2. The molecule has 0 aromatic heterocycles. The fourth-order valence-corrected chi connectivity index (χ4v) is 5.65. The number of phenols is 2. The first-order valence-corrected chi connectivity index (χ1v) is 10.3. The molecule has 10 heteroatoms. The molecule has 0 heterocycles. The molecule has 10 nitrogen and oxygen atoms in total. The first kappa shape index (κ1) is 23.0. The summed E-state index contributed by atoms with van der Waals surface area (Å²) in [5.74, 6) is -8.03. The highest BCUT2D eigenvalue weighted by atomic mass is 16.3. The van der Waals surface area contributed by atoms with Crippen LogP contribution >= 0.6 is 0 Å². The van der Waals surface area contributed by atoms with Gasteiger partial charge in [-0.05, 0) is 40.4 Å². The minimum Gasteiger partial charge on any atom is -0.508 e. The van der Waals surface area contributed by atoms with E-state index < -0.39 is 74.8 Å². The molecule has 6 N–H and O–H groups in total. The van der Waals surface area contributed by atoms with Crippen LogP contribution in [-0.2, 0) is 20.0 Å². The normalized spacial score (nSPS) is 33.7. The van der Waals surface area contributed by atoms with Crippen molar-refractivity contribution in [3.8, 4) is 11.5 Å². The highest BCUT2D eigenvalue weighted by Gasteiger charge is 2.66. The quantitative estimate of drug-likeness (QED) is 0.340. The van der Waals surface area contributed by atoms with Crippen molar-refractivity contribution in [2.75, 3.05) is 14.1 Å². The number of ketones is 3. The van der Waals surface area contributed by atoms with Crippen LogP contribution in [0.5, 0.6) is 11.5 Å². The topological polar surface area (TPSA) is 176 Å². The number of fused-ring (bicyclic) bond motifs is 3. The van der Waals surface area contributed by atoms with Crippen molar-refractivity contribution in [2.24, 2.45) is 11.8 Å². The lowest BCUT2D eigenvalue weighted by molar-refractivity contribution is -0.159. The van der Waals surface area contributed by atoms with Gasteiger partial charge in [-0.2, -0.15) is 0 Å². The van der Waals surface area contributed by atoms with E-state index in [2.05, 4.69) is 0 Å². The predicted molar refractivity (Wildman–Crippen MR) is 113 cm³/mol. The Balaban J connectivity index is 2.06. The van der Waals surface area contributed by atoms with Crippen molar-refractivity contribution in [3.63, 3.8) is 0 Å². The van der Waals surface area contributed by atoms with Crippen LogP contribution in [0.25, 0.3) is 5.76 Å². The number of hydrogen-bond donors (Lipinski definition) is 6. The molecule has 176 valence electrons. The summed E-state index contributed by atoms with van der Waals surface area (Å²) in [6.07, 6.45) is -0.242. The molecule has 0 radical (unpaired) electrons. The van der Waals surface area contributed by atoms with Gasteiger partial charge in [0, 0.05) is 29.0 Å². The summed E-state index contributed by atoms with van der Waals surface area (Å²) >= 11 is 0. The van der Waals surface area contributed by atoms with Crippen molar-refractivity contribution in [2.45, 2.75) is 37.5 Å². The molecule has 3 aliphatic carbocycles. The lowest BCUT2D eigenvalue weighted by Gasteiger charge is -2.53. The lowest BCUT2D eigenvalue weighted by Crippen LogP contribution is -2.66. The maximum absolute atomic E-state index is 13.7. The molecule has 0 unspecified atom stereocenters. The third-order valence-corrected chi connectivity index (χ3v) is 7.19. The van der Waals surface area contributed by atoms with Crippen molar-refractivity contribution < 1.29 is 45.0 Å². The Kier molecular flexibility index (Phi) is 4.80. The second-order valence-electron chi connectivity index (χ2n) is 9.34. The summed E-state index contributed by atoms with van der Waals surface area (Å²) in [6, 6.07) is 0.879. The summed E-state index contributed by atoms with van der Waals surface area (Å²) in [4.78, 5) is 40.4. The van der Waals surface area contributed by atoms with Gasteiger partial charge in [-0.25, -0.2) is 0 Å². The molecule has 0 aliphatic heterocycles. The van der Waals surface area contributed by atoms with Gasteiger partial charge < -0.3 is 30.6 Å². The van der Waals surface area contributed by atoms with Crippen molar-refractivity contribution in [1.29, 1.82) is 0 Å². The van der Waals surface area contributed by atoms with Gasteiger partial charge in [0.2, 0.25) is 5.78 Å². The van der Waals surface area contributed by atoms with E-state index in [-0.39, 0.29) is 23.3 Å². The van der Waals surface area contributed by atoms with Gasteiger partial charge in [-0.1, -0.05) is 0 Å². The second-order valence-corrected chi connectivity index (χ2v) is 9.34. The van der Waals surface area contributed by atoms with Crippen LogP contribution in [0, 0.1) is 11.8 Å². The largest absolute Gasteiger partial charge is 0.508 e. The molecule has 0 amide bonds. The van der Waals surface area contributed by atoms with Crippen LogP contribution in [0.1, 0.15) is 31.4 Å². The number of aromatic hydroxyl groups is 2. The number of aliphatic hydroxyl groups is 4. The summed E-state index contributed by atoms with van der Waals surface area (Å²) in [5, 5.41) is 65.1. The molecule has 0 spiro atoms. The van der Waals surface area contributed by atoms with Gasteiger partial charge in [0.15, 0.2) is 17.2 Å². The van der Waals surface area contributed by atoms with E-state index in [9.17, 15) is 45.0 Å². The molecule has 5 atom stereocenters. The van der Waals surface area contributed by atoms with Crippen molar-refractivity contribution in [3.05, 3.63) is 40.2 Å². The Hall–Kier alpha value is -3.21. The van der Waals surface area contributed by atoms with E-state index in [0.717, 1.165) is 19.1 Å².